The number of ether oxygens (including phenoxy) is 1. The quantitative estimate of drug-likeness (QED) is 0.465. The maximum absolute atomic E-state index is 11.6. The molecule has 1 aliphatic heterocycles. The average molecular weight is 282 g/mol. The number of carbonyl (C=O) groups is 1. The molecule has 3 atom stereocenters. The van der Waals surface area contributed by atoms with Crippen molar-refractivity contribution in [2.75, 3.05) is 6.61 Å². The van der Waals surface area contributed by atoms with Gasteiger partial charge in [0.15, 0.2) is 23.6 Å². The maximum Gasteiger partial charge on any atom is 0.327 e. The van der Waals surface area contributed by atoms with Gasteiger partial charge in [0.25, 0.3) is 5.56 Å². The molecule has 10 heteroatoms. The Morgan fingerprint density at radius 3 is 2.75 bits per heavy atom. The largest absolute Gasteiger partial charge is 0.393 e. The summed E-state index contributed by atoms with van der Waals surface area (Å²) < 4.78 is 6.38. The lowest BCUT2D eigenvalue weighted by Gasteiger charge is -2.15. The third-order valence-corrected chi connectivity index (χ3v) is 3.09. The molecule has 1 fully saturated rings. The van der Waals surface area contributed by atoms with E-state index in [1.807, 2.05) is 4.98 Å². The minimum Gasteiger partial charge on any atom is -0.393 e. The number of Topliss-reactive ketones (excluding diaryl/α,β-unsaturated/α-hetero) is 1. The van der Waals surface area contributed by atoms with Gasteiger partial charge < -0.3 is 14.9 Å². The van der Waals surface area contributed by atoms with E-state index in [2.05, 4.69) is 9.97 Å². The predicted octanol–water partition coefficient (Wildman–Crippen LogP) is -2.77. The number of hydrogen-bond donors (Lipinski definition) is 4. The van der Waals surface area contributed by atoms with Crippen LogP contribution in [-0.2, 0) is 9.53 Å². The van der Waals surface area contributed by atoms with E-state index in [0.717, 1.165) is 6.33 Å². The third-order valence-electron chi connectivity index (χ3n) is 3.09. The molecular formula is C10H10N4O6. The molecule has 10 nitrogen and oxygen atoms in total. The summed E-state index contributed by atoms with van der Waals surface area (Å²) in [5, 5.41) is 18.8. The summed E-state index contributed by atoms with van der Waals surface area (Å²) in [6.07, 6.45) is -2.67. The molecule has 3 rings (SSSR count). The summed E-state index contributed by atoms with van der Waals surface area (Å²) >= 11 is 0. The summed E-state index contributed by atoms with van der Waals surface area (Å²) in [7, 11) is 0. The van der Waals surface area contributed by atoms with Crippen molar-refractivity contribution in [2.45, 2.75) is 18.4 Å². The minimum atomic E-state index is -1.52. The SMILES string of the molecule is O=C1C(CO)OC(n2cnc3c(=O)[nH]c(=O)[nH]c32)C1O. The molecule has 0 aromatic carbocycles. The number of ketones is 1. The van der Waals surface area contributed by atoms with Crippen LogP contribution in [0.2, 0.25) is 0 Å². The fraction of sp³-hybridized carbons (Fsp3) is 0.400. The van der Waals surface area contributed by atoms with E-state index in [1.165, 1.54) is 4.57 Å². The summed E-state index contributed by atoms with van der Waals surface area (Å²) in [5.74, 6) is -0.675. The van der Waals surface area contributed by atoms with Gasteiger partial charge in [0.1, 0.15) is 11.8 Å². The van der Waals surface area contributed by atoms with Crippen molar-refractivity contribution in [2.24, 2.45) is 0 Å². The van der Waals surface area contributed by atoms with Crippen LogP contribution < -0.4 is 11.2 Å². The van der Waals surface area contributed by atoms with Gasteiger partial charge in [-0.1, -0.05) is 0 Å². The molecule has 106 valence electrons. The van der Waals surface area contributed by atoms with Crippen molar-refractivity contribution >= 4 is 16.9 Å². The Hall–Kier alpha value is -2.30. The maximum atomic E-state index is 11.6. The molecule has 3 heterocycles. The summed E-state index contributed by atoms with van der Waals surface area (Å²) in [5.41, 5.74) is -1.48. The molecule has 2 aromatic rings. The normalized spacial score (nSPS) is 26.5. The molecule has 0 radical (unpaired) electrons. The molecule has 0 amide bonds. The fourth-order valence-corrected chi connectivity index (χ4v) is 2.14. The van der Waals surface area contributed by atoms with Crippen LogP contribution in [0.4, 0.5) is 0 Å². The topological polar surface area (TPSA) is 150 Å². The highest BCUT2D eigenvalue weighted by Crippen LogP contribution is 2.27. The van der Waals surface area contributed by atoms with Crippen LogP contribution >= 0.6 is 0 Å². The highest BCUT2D eigenvalue weighted by molar-refractivity contribution is 5.89. The predicted molar refractivity (Wildman–Crippen MR) is 63.0 cm³/mol. The van der Waals surface area contributed by atoms with Crippen LogP contribution in [0.25, 0.3) is 11.2 Å². The Morgan fingerprint density at radius 1 is 1.35 bits per heavy atom. The molecule has 0 bridgehead atoms. The van der Waals surface area contributed by atoms with Crippen molar-refractivity contribution in [3.05, 3.63) is 27.2 Å². The zero-order chi connectivity index (χ0) is 14.4. The van der Waals surface area contributed by atoms with Gasteiger partial charge in [-0.05, 0) is 0 Å². The first kappa shape index (κ1) is 12.7. The number of rotatable bonds is 2. The van der Waals surface area contributed by atoms with Crippen molar-refractivity contribution in [3.8, 4) is 0 Å². The molecule has 3 unspecified atom stereocenters. The zero-order valence-electron chi connectivity index (χ0n) is 9.94. The number of carbonyl (C=O) groups excluding carboxylic acids is 1. The number of hydrogen-bond acceptors (Lipinski definition) is 7. The summed E-state index contributed by atoms with van der Waals surface area (Å²) in [6.45, 7) is -0.573. The van der Waals surface area contributed by atoms with Gasteiger partial charge in [-0.15, -0.1) is 0 Å². The van der Waals surface area contributed by atoms with E-state index in [9.17, 15) is 19.5 Å². The molecule has 1 saturated heterocycles. The van der Waals surface area contributed by atoms with Crippen LogP contribution in [-0.4, -0.2) is 54.3 Å². The number of H-pyrrole nitrogens is 2. The third kappa shape index (κ3) is 1.70. The highest BCUT2D eigenvalue weighted by atomic mass is 16.6. The number of imidazole rings is 1. The fourth-order valence-electron chi connectivity index (χ4n) is 2.14. The van der Waals surface area contributed by atoms with Gasteiger partial charge in [0.2, 0.25) is 0 Å². The van der Waals surface area contributed by atoms with Gasteiger partial charge in [0.05, 0.1) is 12.9 Å². The number of aliphatic hydroxyl groups excluding tert-OH is 2. The second-order valence-electron chi connectivity index (χ2n) is 4.30. The van der Waals surface area contributed by atoms with Crippen LogP contribution in [0.1, 0.15) is 6.23 Å². The van der Waals surface area contributed by atoms with Crippen molar-refractivity contribution in [1.82, 2.24) is 19.5 Å². The first-order chi connectivity index (χ1) is 9.52. The van der Waals surface area contributed by atoms with Crippen LogP contribution in [0.3, 0.4) is 0 Å². The van der Waals surface area contributed by atoms with Crippen LogP contribution in [0.15, 0.2) is 15.9 Å². The Labute approximate surface area is 109 Å². The second-order valence-corrected chi connectivity index (χ2v) is 4.30. The van der Waals surface area contributed by atoms with Crippen LogP contribution in [0.5, 0.6) is 0 Å². The van der Waals surface area contributed by atoms with E-state index in [4.69, 9.17) is 9.84 Å². The summed E-state index contributed by atoms with van der Waals surface area (Å²) in [4.78, 5) is 42.6. The molecule has 4 N–H and O–H groups in total. The lowest BCUT2D eigenvalue weighted by molar-refractivity contribution is -0.128. The Kier molecular flexibility index (Phi) is 2.78. The first-order valence-electron chi connectivity index (χ1n) is 5.70. The molecule has 0 saturated carbocycles. The number of aliphatic hydroxyl groups is 2. The van der Waals surface area contributed by atoms with Gasteiger partial charge in [-0.2, -0.15) is 0 Å². The van der Waals surface area contributed by atoms with Gasteiger partial charge in [-0.3, -0.25) is 24.1 Å². The Bertz CT molecular complexity index is 789. The molecule has 1 aliphatic rings. The lowest BCUT2D eigenvalue weighted by Crippen LogP contribution is -2.28. The molecule has 0 aliphatic carbocycles. The minimum absolute atomic E-state index is 0.0224. The smallest absolute Gasteiger partial charge is 0.327 e. The van der Waals surface area contributed by atoms with E-state index in [-0.39, 0.29) is 11.2 Å². The average Bonchev–Trinajstić information content (AvgIpc) is 2.93. The standard InChI is InChI=1S/C10H10N4O6/c15-1-3-5(16)6(17)9(20-3)14-2-11-4-7(14)12-10(19)13-8(4)18/h2-3,6,9,15,17H,1H2,(H2,12,13,18,19). The summed E-state index contributed by atoms with van der Waals surface area (Å²) in [6, 6.07) is 0. The molecule has 2 aromatic heterocycles. The molecular weight excluding hydrogens is 272 g/mol. The number of nitrogens with one attached hydrogen (secondary N) is 2. The van der Waals surface area contributed by atoms with Crippen LogP contribution in [0, 0.1) is 0 Å². The first-order valence-corrected chi connectivity index (χ1v) is 5.70. The van der Waals surface area contributed by atoms with Gasteiger partial charge >= 0.3 is 5.69 Å². The van der Waals surface area contributed by atoms with E-state index >= 15 is 0 Å². The van der Waals surface area contributed by atoms with Crippen molar-refractivity contribution in [3.63, 3.8) is 0 Å². The Morgan fingerprint density at radius 2 is 2.10 bits per heavy atom. The van der Waals surface area contributed by atoms with Gasteiger partial charge in [0, 0.05) is 0 Å². The van der Waals surface area contributed by atoms with E-state index < -0.39 is 42.1 Å². The highest BCUT2D eigenvalue weighted by Gasteiger charge is 2.43. The molecule has 20 heavy (non-hydrogen) atoms. The monoisotopic (exact) mass is 282 g/mol. The van der Waals surface area contributed by atoms with Crippen molar-refractivity contribution < 1.29 is 19.7 Å². The van der Waals surface area contributed by atoms with Crippen molar-refractivity contribution in [1.29, 1.82) is 0 Å². The van der Waals surface area contributed by atoms with Gasteiger partial charge in [-0.25, -0.2) is 9.78 Å². The number of aromatic amines is 2. The molecule has 0 spiro atoms. The lowest BCUT2D eigenvalue weighted by atomic mass is 10.2. The Balaban J connectivity index is 2.14. The number of fused-ring (bicyclic) bond motifs is 1. The second kappa shape index (κ2) is 4.37. The van der Waals surface area contributed by atoms with E-state index in [0.29, 0.717) is 0 Å². The van der Waals surface area contributed by atoms with E-state index in [1.54, 1.807) is 0 Å². The number of aromatic nitrogens is 4. The zero-order valence-corrected chi connectivity index (χ0v) is 9.94. The number of nitrogens with zero attached hydrogens (tertiary/aromatic N) is 2.